The van der Waals surface area contributed by atoms with Crippen LogP contribution >= 0.6 is 0 Å². The fourth-order valence-electron chi connectivity index (χ4n) is 4.34. The van der Waals surface area contributed by atoms with Crippen LogP contribution in [0.2, 0.25) is 0 Å². The Morgan fingerprint density at radius 1 is 1.10 bits per heavy atom. The summed E-state index contributed by atoms with van der Waals surface area (Å²) >= 11 is 0. The summed E-state index contributed by atoms with van der Waals surface area (Å²) in [6, 6.07) is 6.87. The van der Waals surface area contributed by atoms with Crippen LogP contribution in [-0.4, -0.2) is 22.4 Å². The van der Waals surface area contributed by atoms with Crippen molar-refractivity contribution in [2.24, 2.45) is 0 Å². The monoisotopic (exact) mass is 395 g/mol. The van der Waals surface area contributed by atoms with Crippen molar-refractivity contribution < 1.29 is 18.8 Å². The van der Waals surface area contributed by atoms with E-state index in [9.17, 15) is 18.8 Å². The Labute approximate surface area is 168 Å². The molecule has 0 spiro atoms. The van der Waals surface area contributed by atoms with Gasteiger partial charge in [-0.1, -0.05) is 25.0 Å². The number of para-hydroxylation sites is 1. The van der Waals surface area contributed by atoms with E-state index < -0.39 is 23.7 Å². The lowest BCUT2D eigenvalue weighted by Crippen LogP contribution is -2.54. The van der Waals surface area contributed by atoms with Crippen LogP contribution in [-0.2, 0) is 9.59 Å². The number of anilines is 1. The minimum Gasteiger partial charge on any atom is -0.346 e. The Balaban J connectivity index is 1.74. The number of nitrogens with zero attached hydrogens (tertiary/aromatic N) is 2. The molecule has 1 saturated heterocycles. The molecule has 1 N–H and O–H groups in total. The van der Waals surface area contributed by atoms with E-state index in [-0.39, 0.29) is 11.3 Å². The van der Waals surface area contributed by atoms with E-state index in [0.29, 0.717) is 10.9 Å². The van der Waals surface area contributed by atoms with Crippen molar-refractivity contribution in [1.29, 1.82) is 0 Å². The van der Waals surface area contributed by atoms with Gasteiger partial charge in [0, 0.05) is 17.4 Å². The minimum absolute atomic E-state index is 0.190. The normalized spacial score (nSPS) is 19.3. The lowest BCUT2D eigenvalue weighted by molar-refractivity contribution is -0.122. The van der Waals surface area contributed by atoms with E-state index in [2.05, 4.69) is 9.88 Å². The van der Waals surface area contributed by atoms with E-state index in [1.54, 1.807) is 0 Å². The van der Waals surface area contributed by atoms with Crippen LogP contribution in [0.5, 0.6) is 0 Å². The van der Waals surface area contributed by atoms with Crippen LogP contribution in [0.15, 0.2) is 35.9 Å². The predicted octanol–water partition coefficient (Wildman–Crippen LogP) is 4.03. The number of hydrogen-bond acceptors (Lipinski definition) is 3. The highest BCUT2D eigenvalue weighted by Crippen LogP contribution is 2.34. The second-order valence-corrected chi connectivity index (χ2v) is 7.54. The molecular weight excluding hydrogens is 373 g/mol. The molecule has 2 fully saturated rings. The van der Waals surface area contributed by atoms with Crippen molar-refractivity contribution in [2.45, 2.75) is 45.6 Å². The van der Waals surface area contributed by atoms with Gasteiger partial charge in [0.15, 0.2) is 0 Å². The highest BCUT2D eigenvalue weighted by Gasteiger charge is 2.38. The second kappa shape index (κ2) is 7.31. The first-order valence-electron chi connectivity index (χ1n) is 9.73. The number of carbonyl (C=O) groups excluding carboxylic acids is 3. The van der Waals surface area contributed by atoms with Gasteiger partial charge in [-0.25, -0.2) is 14.1 Å². The third kappa shape index (κ3) is 3.26. The lowest BCUT2D eigenvalue weighted by atomic mass is 10.1. The molecule has 1 aliphatic heterocycles. The number of urea groups is 1. The number of hydrogen-bond donors (Lipinski definition) is 1. The molecule has 0 bridgehead atoms. The summed E-state index contributed by atoms with van der Waals surface area (Å²) in [5, 5.41) is 2.14. The van der Waals surface area contributed by atoms with Gasteiger partial charge in [-0.15, -0.1) is 0 Å². The fraction of sp³-hybridized carbons (Fsp3) is 0.318. The molecule has 2 heterocycles. The largest absolute Gasteiger partial charge is 0.346 e. The topological polar surface area (TPSA) is 71.4 Å². The average molecular weight is 395 g/mol. The summed E-state index contributed by atoms with van der Waals surface area (Å²) in [5.74, 6) is -2.34. The van der Waals surface area contributed by atoms with E-state index in [1.807, 2.05) is 19.9 Å². The van der Waals surface area contributed by atoms with Gasteiger partial charge in [0.1, 0.15) is 11.4 Å². The standard InChI is InChI=1S/C22H22FN3O3/c1-13-11-15(14(2)25(13)16-7-3-4-8-16)12-17-20(27)24-22(29)26(21(17)28)19-10-6-5-9-18(19)23/h5-6,9-12,16H,3-4,7-8H2,1-2H3,(H,24,27,29)/b17-12+. The Morgan fingerprint density at radius 2 is 1.79 bits per heavy atom. The quantitative estimate of drug-likeness (QED) is 0.630. The molecular formula is C22H22FN3O3. The maximum Gasteiger partial charge on any atom is 0.336 e. The van der Waals surface area contributed by atoms with Crippen LogP contribution in [0.1, 0.15) is 48.7 Å². The van der Waals surface area contributed by atoms with Gasteiger partial charge < -0.3 is 4.57 Å². The fourth-order valence-corrected chi connectivity index (χ4v) is 4.34. The SMILES string of the molecule is Cc1cc(/C=C2\C(=O)NC(=O)N(c3ccccc3F)C2=O)c(C)n1C1CCCC1. The van der Waals surface area contributed by atoms with Crippen molar-refractivity contribution in [3.05, 3.63) is 58.7 Å². The second-order valence-electron chi connectivity index (χ2n) is 7.54. The van der Waals surface area contributed by atoms with Crippen molar-refractivity contribution in [3.8, 4) is 0 Å². The number of carbonyl (C=O) groups is 3. The van der Waals surface area contributed by atoms with Crippen LogP contribution in [0.3, 0.4) is 0 Å². The van der Waals surface area contributed by atoms with E-state index in [0.717, 1.165) is 35.9 Å². The summed E-state index contributed by atoms with van der Waals surface area (Å²) in [6.07, 6.45) is 6.10. The molecule has 1 aromatic carbocycles. The molecule has 6 nitrogen and oxygen atoms in total. The summed E-state index contributed by atoms with van der Waals surface area (Å²) in [5.41, 5.74) is 2.39. The number of aryl methyl sites for hydroxylation is 1. The molecule has 1 aromatic heterocycles. The Kier molecular flexibility index (Phi) is 4.82. The van der Waals surface area contributed by atoms with Gasteiger partial charge in [-0.2, -0.15) is 0 Å². The smallest absolute Gasteiger partial charge is 0.336 e. The molecule has 2 aliphatic rings. The lowest BCUT2D eigenvalue weighted by Gasteiger charge is -2.26. The van der Waals surface area contributed by atoms with Crippen LogP contribution < -0.4 is 10.2 Å². The van der Waals surface area contributed by atoms with E-state index >= 15 is 0 Å². The van der Waals surface area contributed by atoms with Gasteiger partial charge in [0.25, 0.3) is 11.8 Å². The van der Waals surface area contributed by atoms with Gasteiger partial charge >= 0.3 is 6.03 Å². The van der Waals surface area contributed by atoms with Gasteiger partial charge in [-0.3, -0.25) is 14.9 Å². The van der Waals surface area contributed by atoms with Gasteiger partial charge in [0.05, 0.1) is 5.69 Å². The van der Waals surface area contributed by atoms with Gasteiger partial charge in [0.2, 0.25) is 0 Å². The molecule has 4 amide bonds. The molecule has 2 aromatic rings. The number of nitrogens with one attached hydrogen (secondary N) is 1. The summed E-state index contributed by atoms with van der Waals surface area (Å²) < 4.78 is 16.4. The Morgan fingerprint density at radius 3 is 2.48 bits per heavy atom. The van der Waals surface area contributed by atoms with E-state index in [4.69, 9.17) is 0 Å². The molecule has 0 unspecified atom stereocenters. The zero-order valence-corrected chi connectivity index (χ0v) is 16.4. The van der Waals surface area contributed by atoms with Crippen molar-refractivity contribution in [1.82, 2.24) is 9.88 Å². The van der Waals surface area contributed by atoms with Gasteiger partial charge in [-0.05, 0) is 56.5 Å². The summed E-state index contributed by atoms with van der Waals surface area (Å²) in [4.78, 5) is 38.3. The molecule has 0 atom stereocenters. The first kappa shape index (κ1) is 19.1. The molecule has 1 aliphatic carbocycles. The zero-order chi connectivity index (χ0) is 20.7. The number of rotatable bonds is 3. The van der Waals surface area contributed by atoms with E-state index in [1.165, 1.54) is 37.1 Å². The highest BCUT2D eigenvalue weighted by molar-refractivity contribution is 6.39. The summed E-state index contributed by atoms with van der Waals surface area (Å²) in [6.45, 7) is 3.97. The molecule has 150 valence electrons. The number of aromatic nitrogens is 1. The van der Waals surface area contributed by atoms with Crippen molar-refractivity contribution >= 4 is 29.6 Å². The third-order valence-corrected chi connectivity index (χ3v) is 5.71. The minimum atomic E-state index is -0.960. The highest BCUT2D eigenvalue weighted by atomic mass is 19.1. The molecule has 1 saturated carbocycles. The maximum atomic E-state index is 14.2. The first-order valence-corrected chi connectivity index (χ1v) is 9.73. The number of imide groups is 2. The average Bonchev–Trinajstić information content (AvgIpc) is 3.28. The summed E-state index contributed by atoms with van der Waals surface area (Å²) in [7, 11) is 0. The number of halogens is 1. The Hall–Kier alpha value is -3.22. The third-order valence-electron chi connectivity index (χ3n) is 5.71. The zero-order valence-electron chi connectivity index (χ0n) is 16.4. The first-order chi connectivity index (χ1) is 13.9. The molecule has 4 rings (SSSR count). The number of benzene rings is 1. The van der Waals surface area contributed by atoms with Crippen LogP contribution in [0, 0.1) is 19.7 Å². The van der Waals surface area contributed by atoms with Crippen molar-refractivity contribution in [2.75, 3.05) is 4.90 Å². The predicted molar refractivity (Wildman–Crippen MR) is 107 cm³/mol. The number of barbiturate groups is 1. The van der Waals surface area contributed by atoms with Crippen LogP contribution in [0.25, 0.3) is 6.08 Å². The Bertz CT molecular complexity index is 1050. The van der Waals surface area contributed by atoms with Crippen LogP contribution in [0.4, 0.5) is 14.9 Å². The molecule has 29 heavy (non-hydrogen) atoms. The molecule has 7 heteroatoms. The molecule has 0 radical (unpaired) electrons. The number of amides is 4. The van der Waals surface area contributed by atoms with Crippen molar-refractivity contribution in [3.63, 3.8) is 0 Å². The maximum absolute atomic E-state index is 14.2.